The van der Waals surface area contributed by atoms with Gasteiger partial charge in [-0.3, -0.25) is 4.90 Å². The van der Waals surface area contributed by atoms with Gasteiger partial charge in [0.25, 0.3) is 0 Å². The van der Waals surface area contributed by atoms with Crippen LogP contribution < -0.4 is 5.32 Å². The van der Waals surface area contributed by atoms with E-state index in [1.54, 1.807) is 6.26 Å². The Bertz CT molecular complexity index is 453. The topological polar surface area (TPSA) is 28.4 Å². The number of rotatable bonds is 7. The van der Waals surface area contributed by atoms with Gasteiger partial charge in [0.2, 0.25) is 0 Å². The second-order valence-electron chi connectivity index (χ2n) is 4.74. The summed E-state index contributed by atoms with van der Waals surface area (Å²) in [6.07, 6.45) is 1.73. The molecule has 0 spiro atoms. The highest BCUT2D eigenvalue weighted by molar-refractivity contribution is 5.42. The van der Waals surface area contributed by atoms with E-state index in [0.29, 0.717) is 6.04 Å². The Morgan fingerprint density at radius 2 is 1.95 bits per heavy atom. The summed E-state index contributed by atoms with van der Waals surface area (Å²) >= 11 is 0. The van der Waals surface area contributed by atoms with Crippen LogP contribution in [0.25, 0.3) is 0 Å². The maximum Gasteiger partial charge on any atom is 0.117 e. The second-order valence-corrected chi connectivity index (χ2v) is 4.74. The molecule has 0 saturated carbocycles. The summed E-state index contributed by atoms with van der Waals surface area (Å²) in [6, 6.07) is 14.7. The normalized spacial score (nSPS) is 12.6. The molecular weight excluding hydrogens is 236 g/mol. The van der Waals surface area contributed by atoms with Crippen LogP contribution in [0.4, 0.5) is 5.69 Å². The highest BCUT2D eigenvalue weighted by Crippen LogP contribution is 2.10. The quantitative estimate of drug-likeness (QED) is 0.822. The summed E-state index contributed by atoms with van der Waals surface area (Å²) in [5.41, 5.74) is 1.17. The fourth-order valence-corrected chi connectivity index (χ4v) is 2.13. The molecule has 2 aromatic rings. The maximum atomic E-state index is 5.42. The third-order valence-electron chi connectivity index (χ3n) is 3.34. The minimum atomic E-state index is 0.454. The zero-order valence-electron chi connectivity index (χ0n) is 11.7. The molecule has 0 aliphatic rings. The molecule has 3 heteroatoms. The molecule has 0 saturated heterocycles. The molecule has 0 amide bonds. The summed E-state index contributed by atoms with van der Waals surface area (Å²) in [4.78, 5) is 2.40. The molecule has 3 nitrogen and oxygen atoms in total. The molecule has 1 heterocycles. The van der Waals surface area contributed by atoms with Crippen molar-refractivity contribution in [3.63, 3.8) is 0 Å². The lowest BCUT2D eigenvalue weighted by molar-refractivity contribution is 0.202. The number of benzene rings is 1. The number of furan rings is 1. The van der Waals surface area contributed by atoms with E-state index in [0.717, 1.165) is 25.4 Å². The lowest BCUT2D eigenvalue weighted by atomic mass is 10.2. The average Bonchev–Trinajstić information content (AvgIpc) is 2.96. The molecule has 2 rings (SSSR count). The summed E-state index contributed by atoms with van der Waals surface area (Å²) in [7, 11) is 0. The van der Waals surface area contributed by atoms with Gasteiger partial charge >= 0.3 is 0 Å². The SMILES string of the molecule is CCN(Cc1ccco1)C(C)CNc1ccccc1. The van der Waals surface area contributed by atoms with E-state index in [2.05, 4.69) is 36.2 Å². The van der Waals surface area contributed by atoms with Gasteiger partial charge in [0.15, 0.2) is 0 Å². The Labute approximate surface area is 115 Å². The van der Waals surface area contributed by atoms with Gasteiger partial charge in [-0.1, -0.05) is 25.1 Å². The number of para-hydroxylation sites is 1. The van der Waals surface area contributed by atoms with E-state index >= 15 is 0 Å². The van der Waals surface area contributed by atoms with Crippen molar-refractivity contribution < 1.29 is 4.42 Å². The molecule has 1 N–H and O–H groups in total. The van der Waals surface area contributed by atoms with Crippen molar-refractivity contribution in [1.29, 1.82) is 0 Å². The van der Waals surface area contributed by atoms with Crippen molar-refractivity contribution in [2.45, 2.75) is 26.4 Å². The van der Waals surface area contributed by atoms with Gasteiger partial charge < -0.3 is 9.73 Å². The van der Waals surface area contributed by atoms with Gasteiger partial charge in [-0.2, -0.15) is 0 Å². The Morgan fingerprint density at radius 3 is 2.58 bits per heavy atom. The first-order valence-corrected chi connectivity index (χ1v) is 6.85. The summed E-state index contributed by atoms with van der Waals surface area (Å²) in [5.74, 6) is 1.02. The highest BCUT2D eigenvalue weighted by Gasteiger charge is 2.13. The Hall–Kier alpha value is -1.74. The van der Waals surface area contributed by atoms with Crippen LogP contribution in [0.2, 0.25) is 0 Å². The molecule has 1 atom stereocenters. The van der Waals surface area contributed by atoms with E-state index in [1.807, 2.05) is 30.3 Å². The zero-order valence-corrected chi connectivity index (χ0v) is 11.7. The summed E-state index contributed by atoms with van der Waals surface area (Å²) in [5, 5.41) is 3.47. The Kier molecular flexibility index (Phi) is 5.04. The fourth-order valence-electron chi connectivity index (χ4n) is 2.13. The van der Waals surface area contributed by atoms with Crippen LogP contribution in [0.1, 0.15) is 19.6 Å². The van der Waals surface area contributed by atoms with Crippen LogP contribution >= 0.6 is 0 Å². The monoisotopic (exact) mass is 258 g/mol. The number of hydrogen-bond acceptors (Lipinski definition) is 3. The minimum Gasteiger partial charge on any atom is -0.468 e. The molecule has 0 aliphatic carbocycles. The first kappa shape index (κ1) is 13.7. The number of hydrogen-bond donors (Lipinski definition) is 1. The van der Waals surface area contributed by atoms with Crippen LogP contribution in [0, 0.1) is 0 Å². The van der Waals surface area contributed by atoms with E-state index in [1.165, 1.54) is 5.69 Å². The van der Waals surface area contributed by atoms with E-state index in [9.17, 15) is 0 Å². The molecular formula is C16H22N2O. The van der Waals surface area contributed by atoms with E-state index in [4.69, 9.17) is 4.42 Å². The third kappa shape index (κ3) is 4.14. The van der Waals surface area contributed by atoms with Gasteiger partial charge in [0.05, 0.1) is 12.8 Å². The van der Waals surface area contributed by atoms with Crippen molar-refractivity contribution in [3.8, 4) is 0 Å². The molecule has 0 bridgehead atoms. The van der Waals surface area contributed by atoms with Crippen molar-refractivity contribution in [2.24, 2.45) is 0 Å². The number of anilines is 1. The fraction of sp³-hybridized carbons (Fsp3) is 0.375. The van der Waals surface area contributed by atoms with Crippen molar-refractivity contribution in [1.82, 2.24) is 4.90 Å². The van der Waals surface area contributed by atoms with Gasteiger partial charge in [-0.15, -0.1) is 0 Å². The molecule has 19 heavy (non-hydrogen) atoms. The number of likely N-dealkylation sites (N-methyl/N-ethyl adjacent to an activating group) is 1. The molecule has 1 aromatic carbocycles. The van der Waals surface area contributed by atoms with Gasteiger partial charge in [-0.25, -0.2) is 0 Å². The van der Waals surface area contributed by atoms with Crippen molar-refractivity contribution >= 4 is 5.69 Å². The van der Waals surface area contributed by atoms with Crippen LogP contribution in [0.5, 0.6) is 0 Å². The lowest BCUT2D eigenvalue weighted by Crippen LogP contribution is -2.37. The number of nitrogens with one attached hydrogen (secondary N) is 1. The smallest absolute Gasteiger partial charge is 0.117 e. The van der Waals surface area contributed by atoms with Crippen molar-refractivity contribution in [2.75, 3.05) is 18.4 Å². The predicted octanol–water partition coefficient (Wildman–Crippen LogP) is 3.60. The largest absolute Gasteiger partial charge is 0.468 e. The van der Waals surface area contributed by atoms with Crippen LogP contribution in [-0.4, -0.2) is 24.0 Å². The van der Waals surface area contributed by atoms with Gasteiger partial charge in [0.1, 0.15) is 5.76 Å². The van der Waals surface area contributed by atoms with Crippen LogP contribution in [-0.2, 0) is 6.54 Å². The number of nitrogens with zero attached hydrogens (tertiary/aromatic N) is 1. The Balaban J connectivity index is 1.85. The second kappa shape index (κ2) is 7.00. The standard InChI is InChI=1S/C16H22N2O/c1-3-18(13-16-10-7-11-19-16)14(2)12-17-15-8-5-4-6-9-15/h4-11,14,17H,3,12-13H2,1-2H3. The van der Waals surface area contributed by atoms with Gasteiger partial charge in [-0.05, 0) is 37.7 Å². The molecule has 102 valence electrons. The average molecular weight is 258 g/mol. The van der Waals surface area contributed by atoms with E-state index in [-0.39, 0.29) is 0 Å². The van der Waals surface area contributed by atoms with Crippen LogP contribution in [0.15, 0.2) is 53.1 Å². The summed E-state index contributed by atoms with van der Waals surface area (Å²) < 4.78 is 5.42. The first-order valence-electron chi connectivity index (χ1n) is 6.85. The molecule has 0 fully saturated rings. The highest BCUT2D eigenvalue weighted by atomic mass is 16.3. The molecule has 1 aromatic heterocycles. The maximum absolute atomic E-state index is 5.42. The Morgan fingerprint density at radius 1 is 1.16 bits per heavy atom. The molecule has 1 unspecified atom stereocenters. The van der Waals surface area contributed by atoms with Crippen LogP contribution in [0.3, 0.4) is 0 Å². The lowest BCUT2D eigenvalue weighted by Gasteiger charge is -2.27. The predicted molar refractivity (Wildman–Crippen MR) is 79.2 cm³/mol. The third-order valence-corrected chi connectivity index (χ3v) is 3.34. The van der Waals surface area contributed by atoms with E-state index < -0.39 is 0 Å². The molecule has 0 radical (unpaired) electrons. The van der Waals surface area contributed by atoms with Gasteiger partial charge in [0, 0.05) is 18.3 Å². The van der Waals surface area contributed by atoms with Crippen molar-refractivity contribution in [3.05, 3.63) is 54.5 Å². The summed E-state index contributed by atoms with van der Waals surface area (Å²) in [6.45, 7) is 7.22. The minimum absolute atomic E-state index is 0.454. The molecule has 0 aliphatic heterocycles. The first-order chi connectivity index (χ1) is 9.29. The zero-order chi connectivity index (χ0) is 13.5.